The summed E-state index contributed by atoms with van der Waals surface area (Å²) >= 11 is 0. The molecule has 22 heavy (non-hydrogen) atoms. The third-order valence-corrected chi connectivity index (χ3v) is 5.73. The topological polar surface area (TPSA) is 21.7 Å². The van der Waals surface area contributed by atoms with E-state index in [0.29, 0.717) is 0 Å². The number of rotatable bonds is 4. The van der Waals surface area contributed by atoms with Gasteiger partial charge in [-0.2, -0.15) is 0 Å². The number of likely N-dealkylation sites (tertiary alicyclic amines) is 1. The molecule has 1 atom stereocenters. The molecule has 0 N–H and O–H groups in total. The second kappa shape index (κ2) is 6.21. The van der Waals surface area contributed by atoms with E-state index in [2.05, 4.69) is 4.90 Å². The van der Waals surface area contributed by atoms with Gasteiger partial charge in [-0.25, -0.2) is 0 Å². The predicted molar refractivity (Wildman–Crippen MR) is 87.2 cm³/mol. The van der Waals surface area contributed by atoms with E-state index in [1.54, 1.807) is 0 Å². The molecule has 1 aromatic rings. The average Bonchev–Trinajstić information content (AvgIpc) is 2.89. The van der Waals surface area contributed by atoms with Crippen molar-refractivity contribution in [3.63, 3.8) is 0 Å². The minimum absolute atomic E-state index is 0.0928. The molecule has 3 nitrogen and oxygen atoms in total. The van der Waals surface area contributed by atoms with Crippen molar-refractivity contribution < 1.29 is 9.47 Å². The minimum atomic E-state index is 0.0928. The van der Waals surface area contributed by atoms with E-state index in [9.17, 15) is 0 Å². The molecular weight excluding hydrogens is 274 g/mol. The van der Waals surface area contributed by atoms with Gasteiger partial charge in [-0.1, -0.05) is 24.6 Å². The smallest absolute Gasteiger partial charge is 0.125 e. The lowest BCUT2D eigenvalue weighted by Crippen LogP contribution is -2.46. The Morgan fingerprint density at radius 2 is 1.91 bits per heavy atom. The summed E-state index contributed by atoms with van der Waals surface area (Å²) in [5.41, 5.74) is 0.0928. The molecule has 2 aliphatic heterocycles. The first kappa shape index (κ1) is 14.5. The highest BCUT2D eigenvalue weighted by atomic mass is 16.6. The number of nitrogens with zero attached hydrogens (tertiary/aromatic N) is 1. The fourth-order valence-corrected chi connectivity index (χ4v) is 4.10. The molecule has 1 saturated carbocycles. The average molecular weight is 301 g/mol. The Hall–Kier alpha value is -1.06. The zero-order valence-electron chi connectivity index (χ0n) is 13.4. The molecular formula is C19H27NO2. The molecule has 0 aromatic heterocycles. The lowest BCUT2D eigenvalue weighted by atomic mass is 9.83. The number of hydrogen-bond donors (Lipinski definition) is 0. The van der Waals surface area contributed by atoms with Crippen LogP contribution in [0.4, 0.5) is 0 Å². The van der Waals surface area contributed by atoms with Crippen molar-refractivity contribution in [2.45, 2.75) is 50.2 Å². The number of piperidine rings is 1. The van der Waals surface area contributed by atoms with Gasteiger partial charge in [0, 0.05) is 26.1 Å². The zero-order chi connectivity index (χ0) is 14.8. The standard InChI is InChI=1S/C19H27NO2/c1-2-7-17(8-3-1)22-18-13-19(21-15-18)9-11-20(12-10-19)14-16-5-4-6-16/h1-3,7-8,16,18H,4-6,9-15H2/t18-/m0/s1. The first-order valence-corrected chi connectivity index (χ1v) is 8.89. The van der Waals surface area contributed by atoms with Gasteiger partial charge < -0.3 is 14.4 Å². The molecule has 3 aliphatic rings. The Morgan fingerprint density at radius 1 is 1.14 bits per heavy atom. The summed E-state index contributed by atoms with van der Waals surface area (Å²) in [4.78, 5) is 2.66. The van der Waals surface area contributed by atoms with Crippen LogP contribution in [0.1, 0.15) is 38.5 Å². The van der Waals surface area contributed by atoms with Crippen molar-refractivity contribution in [2.75, 3.05) is 26.2 Å². The molecule has 0 radical (unpaired) electrons. The Morgan fingerprint density at radius 3 is 2.59 bits per heavy atom. The van der Waals surface area contributed by atoms with Crippen molar-refractivity contribution in [1.29, 1.82) is 0 Å². The van der Waals surface area contributed by atoms with Crippen molar-refractivity contribution >= 4 is 0 Å². The molecule has 0 amide bonds. The van der Waals surface area contributed by atoms with E-state index in [4.69, 9.17) is 9.47 Å². The Bertz CT molecular complexity index is 477. The van der Waals surface area contributed by atoms with Crippen LogP contribution < -0.4 is 4.74 Å². The van der Waals surface area contributed by atoms with Crippen LogP contribution in [0.25, 0.3) is 0 Å². The van der Waals surface area contributed by atoms with Crippen LogP contribution in [-0.4, -0.2) is 42.8 Å². The maximum atomic E-state index is 6.21. The highest BCUT2D eigenvalue weighted by molar-refractivity contribution is 5.21. The second-order valence-corrected chi connectivity index (χ2v) is 7.35. The molecule has 1 aromatic carbocycles. The number of para-hydroxylation sites is 1. The Balaban J connectivity index is 1.27. The maximum absolute atomic E-state index is 6.21. The van der Waals surface area contributed by atoms with E-state index in [0.717, 1.165) is 24.7 Å². The van der Waals surface area contributed by atoms with Gasteiger partial charge in [-0.3, -0.25) is 0 Å². The maximum Gasteiger partial charge on any atom is 0.125 e. The Kier molecular flexibility index (Phi) is 4.10. The largest absolute Gasteiger partial charge is 0.488 e. The molecule has 1 aliphatic carbocycles. The van der Waals surface area contributed by atoms with Crippen molar-refractivity contribution in [1.82, 2.24) is 4.90 Å². The molecule has 4 rings (SSSR count). The van der Waals surface area contributed by atoms with Crippen molar-refractivity contribution in [3.05, 3.63) is 30.3 Å². The summed E-state index contributed by atoms with van der Waals surface area (Å²) in [7, 11) is 0. The van der Waals surface area contributed by atoms with Gasteiger partial charge in [-0.05, 0) is 43.7 Å². The third-order valence-electron chi connectivity index (χ3n) is 5.73. The van der Waals surface area contributed by atoms with E-state index >= 15 is 0 Å². The molecule has 3 heteroatoms. The van der Waals surface area contributed by atoms with E-state index in [-0.39, 0.29) is 11.7 Å². The van der Waals surface area contributed by atoms with Gasteiger partial charge in [0.2, 0.25) is 0 Å². The summed E-state index contributed by atoms with van der Waals surface area (Å²) in [5, 5.41) is 0. The molecule has 0 bridgehead atoms. The fourth-order valence-electron chi connectivity index (χ4n) is 4.10. The Labute approximate surface area is 133 Å². The fraction of sp³-hybridized carbons (Fsp3) is 0.684. The first-order chi connectivity index (χ1) is 10.8. The van der Waals surface area contributed by atoms with Crippen LogP contribution in [0.2, 0.25) is 0 Å². The lowest BCUT2D eigenvalue weighted by Gasteiger charge is -2.41. The molecule has 3 fully saturated rings. The summed E-state index contributed by atoms with van der Waals surface area (Å²) in [6.45, 7) is 4.47. The zero-order valence-corrected chi connectivity index (χ0v) is 13.4. The molecule has 120 valence electrons. The quantitative estimate of drug-likeness (QED) is 0.850. The van der Waals surface area contributed by atoms with Gasteiger partial charge in [0.25, 0.3) is 0 Å². The van der Waals surface area contributed by atoms with Gasteiger partial charge in [0.05, 0.1) is 12.2 Å². The SMILES string of the molecule is c1ccc(O[C@@H]2COC3(CCN(CC4CCC4)CC3)C2)cc1. The lowest BCUT2D eigenvalue weighted by molar-refractivity contribution is -0.0478. The summed E-state index contributed by atoms with van der Waals surface area (Å²) < 4.78 is 12.3. The summed E-state index contributed by atoms with van der Waals surface area (Å²) in [5.74, 6) is 1.95. The third kappa shape index (κ3) is 3.16. The first-order valence-electron chi connectivity index (χ1n) is 8.89. The van der Waals surface area contributed by atoms with Crippen molar-refractivity contribution in [2.24, 2.45) is 5.92 Å². The van der Waals surface area contributed by atoms with Crippen LogP contribution in [0.3, 0.4) is 0 Å². The van der Waals surface area contributed by atoms with E-state index in [1.807, 2.05) is 30.3 Å². The van der Waals surface area contributed by atoms with Crippen LogP contribution in [0.15, 0.2) is 30.3 Å². The van der Waals surface area contributed by atoms with E-state index < -0.39 is 0 Å². The second-order valence-electron chi connectivity index (χ2n) is 7.35. The van der Waals surface area contributed by atoms with Crippen molar-refractivity contribution in [3.8, 4) is 5.75 Å². The van der Waals surface area contributed by atoms with Crippen LogP contribution >= 0.6 is 0 Å². The van der Waals surface area contributed by atoms with Gasteiger partial charge in [-0.15, -0.1) is 0 Å². The monoisotopic (exact) mass is 301 g/mol. The molecule has 1 spiro atoms. The number of ether oxygens (including phenoxy) is 2. The van der Waals surface area contributed by atoms with Gasteiger partial charge >= 0.3 is 0 Å². The number of benzene rings is 1. The number of hydrogen-bond acceptors (Lipinski definition) is 3. The van der Waals surface area contributed by atoms with Crippen LogP contribution in [-0.2, 0) is 4.74 Å². The van der Waals surface area contributed by atoms with Crippen LogP contribution in [0, 0.1) is 5.92 Å². The predicted octanol–water partition coefficient (Wildman–Crippen LogP) is 3.49. The normalized spacial score (nSPS) is 28.6. The minimum Gasteiger partial charge on any atom is -0.488 e. The highest BCUT2D eigenvalue weighted by Gasteiger charge is 2.43. The highest BCUT2D eigenvalue weighted by Crippen LogP contribution is 2.38. The molecule has 0 unspecified atom stereocenters. The van der Waals surface area contributed by atoms with Gasteiger partial charge in [0.1, 0.15) is 11.9 Å². The molecule has 2 heterocycles. The van der Waals surface area contributed by atoms with E-state index in [1.165, 1.54) is 51.7 Å². The summed E-state index contributed by atoms with van der Waals surface area (Å²) in [6.07, 6.45) is 7.97. The van der Waals surface area contributed by atoms with Gasteiger partial charge in [0.15, 0.2) is 0 Å². The van der Waals surface area contributed by atoms with Crippen LogP contribution in [0.5, 0.6) is 5.75 Å². The summed E-state index contributed by atoms with van der Waals surface area (Å²) in [6, 6.07) is 10.1. The molecule has 2 saturated heterocycles.